The predicted octanol–water partition coefficient (Wildman–Crippen LogP) is 2.41. The number of hydrogen-bond acceptors (Lipinski definition) is 5. The lowest BCUT2D eigenvalue weighted by molar-refractivity contribution is -0.192. The van der Waals surface area contributed by atoms with Gasteiger partial charge in [-0.3, -0.25) is 9.48 Å². The van der Waals surface area contributed by atoms with Gasteiger partial charge in [0.1, 0.15) is 5.69 Å². The highest BCUT2D eigenvalue weighted by Gasteiger charge is 2.45. The summed E-state index contributed by atoms with van der Waals surface area (Å²) in [5.41, 5.74) is 1.05. The molecule has 2 aliphatic heterocycles. The monoisotopic (exact) mass is 460 g/mol. The van der Waals surface area contributed by atoms with Crippen molar-refractivity contribution in [3.8, 4) is 0 Å². The van der Waals surface area contributed by atoms with Gasteiger partial charge in [-0.1, -0.05) is 0 Å². The fourth-order valence-electron chi connectivity index (χ4n) is 4.51. The van der Waals surface area contributed by atoms with E-state index in [0.717, 1.165) is 51.6 Å². The quantitative estimate of drug-likeness (QED) is 0.726. The zero-order valence-corrected chi connectivity index (χ0v) is 18.5. The van der Waals surface area contributed by atoms with Crippen LogP contribution in [0.3, 0.4) is 0 Å². The molecule has 1 saturated carbocycles. The first kappa shape index (κ1) is 24.5. The first-order chi connectivity index (χ1) is 15.0. The van der Waals surface area contributed by atoms with Crippen molar-refractivity contribution < 1.29 is 32.6 Å². The molecule has 4 rings (SSSR count). The van der Waals surface area contributed by atoms with Crippen LogP contribution in [0, 0.1) is 11.3 Å². The zero-order valence-electron chi connectivity index (χ0n) is 18.5. The van der Waals surface area contributed by atoms with Crippen LogP contribution >= 0.6 is 0 Å². The van der Waals surface area contributed by atoms with Gasteiger partial charge in [0.15, 0.2) is 0 Å². The van der Waals surface area contributed by atoms with Gasteiger partial charge in [-0.15, -0.1) is 0 Å². The number of aromatic nitrogens is 2. The lowest BCUT2D eigenvalue weighted by Crippen LogP contribution is -2.44. The second kappa shape index (κ2) is 9.78. The van der Waals surface area contributed by atoms with E-state index in [1.165, 1.54) is 19.3 Å². The van der Waals surface area contributed by atoms with Gasteiger partial charge >= 0.3 is 12.1 Å². The van der Waals surface area contributed by atoms with Crippen LogP contribution in [0.1, 0.15) is 42.6 Å². The number of hydrogen-bond donors (Lipinski definition) is 1. The molecule has 3 aliphatic rings. The first-order valence-corrected chi connectivity index (χ1v) is 10.9. The maximum atomic E-state index is 12.7. The van der Waals surface area contributed by atoms with Crippen molar-refractivity contribution in [3.63, 3.8) is 0 Å². The number of halogens is 3. The highest BCUT2D eigenvalue weighted by atomic mass is 19.4. The lowest BCUT2D eigenvalue weighted by atomic mass is 9.76. The molecule has 8 nitrogen and oxygen atoms in total. The van der Waals surface area contributed by atoms with Crippen molar-refractivity contribution in [2.45, 2.75) is 44.3 Å². The molecule has 32 heavy (non-hydrogen) atoms. The van der Waals surface area contributed by atoms with E-state index in [2.05, 4.69) is 17.0 Å². The molecule has 1 aromatic rings. The largest absolute Gasteiger partial charge is 0.490 e. The van der Waals surface area contributed by atoms with Crippen molar-refractivity contribution >= 4 is 11.9 Å². The van der Waals surface area contributed by atoms with Crippen LogP contribution in [0.5, 0.6) is 0 Å². The number of amides is 1. The Morgan fingerprint density at radius 2 is 1.84 bits per heavy atom. The van der Waals surface area contributed by atoms with Gasteiger partial charge in [0.25, 0.3) is 5.91 Å². The number of rotatable bonds is 5. The van der Waals surface area contributed by atoms with Crippen LogP contribution in [-0.2, 0) is 16.6 Å². The number of aliphatic carboxylic acids is 1. The van der Waals surface area contributed by atoms with Crippen molar-refractivity contribution in [1.82, 2.24) is 19.6 Å². The van der Waals surface area contributed by atoms with Gasteiger partial charge in [-0.25, -0.2) is 4.79 Å². The third-order valence-corrected chi connectivity index (χ3v) is 6.63. The molecule has 3 heterocycles. The van der Waals surface area contributed by atoms with Gasteiger partial charge in [0, 0.05) is 45.5 Å². The number of aryl methyl sites for hydroxylation is 1. The molecule has 11 heteroatoms. The molecule has 1 unspecified atom stereocenters. The van der Waals surface area contributed by atoms with E-state index < -0.39 is 12.1 Å². The fraction of sp³-hybridized carbons (Fsp3) is 0.762. The minimum Gasteiger partial charge on any atom is -0.475 e. The zero-order chi connectivity index (χ0) is 23.5. The molecule has 2 saturated heterocycles. The van der Waals surface area contributed by atoms with E-state index in [4.69, 9.17) is 14.6 Å². The van der Waals surface area contributed by atoms with Crippen LogP contribution in [0.4, 0.5) is 13.2 Å². The van der Waals surface area contributed by atoms with Crippen molar-refractivity contribution in [2.24, 2.45) is 18.4 Å². The summed E-state index contributed by atoms with van der Waals surface area (Å²) in [5, 5.41) is 11.2. The molecule has 1 aromatic heterocycles. The SMILES string of the molecule is CN1CC2(CCN(C(=O)c3ccnn3C)CC2)CC1COCC1CC1.O=C(O)C(F)(F)F. The molecule has 3 fully saturated rings. The average molecular weight is 460 g/mol. The number of ether oxygens (including phenoxy) is 1. The third kappa shape index (κ3) is 6.22. The van der Waals surface area contributed by atoms with Gasteiger partial charge in [-0.05, 0) is 56.6 Å². The van der Waals surface area contributed by atoms with Gasteiger partial charge in [0.2, 0.25) is 0 Å². The molecular formula is C21H31F3N4O4. The van der Waals surface area contributed by atoms with Crippen LogP contribution < -0.4 is 0 Å². The normalized spacial score (nSPS) is 23.2. The third-order valence-electron chi connectivity index (χ3n) is 6.63. The Labute approximate surface area is 185 Å². The Balaban J connectivity index is 0.000000360. The highest BCUT2D eigenvalue weighted by Crippen LogP contribution is 2.43. The number of nitrogens with zero attached hydrogens (tertiary/aromatic N) is 4. The van der Waals surface area contributed by atoms with E-state index in [9.17, 15) is 18.0 Å². The number of carboxylic acids is 1. The van der Waals surface area contributed by atoms with E-state index in [0.29, 0.717) is 17.2 Å². The van der Waals surface area contributed by atoms with Gasteiger partial charge < -0.3 is 19.6 Å². The van der Waals surface area contributed by atoms with E-state index in [-0.39, 0.29) is 5.91 Å². The molecule has 1 aliphatic carbocycles. The number of alkyl halides is 3. The fourth-order valence-corrected chi connectivity index (χ4v) is 4.51. The highest BCUT2D eigenvalue weighted by molar-refractivity contribution is 5.92. The Morgan fingerprint density at radius 1 is 1.22 bits per heavy atom. The maximum absolute atomic E-state index is 12.7. The standard InChI is InChI=1S/C19H30N4O2.C2HF3O2/c1-21-14-19(11-16(21)13-25-12-15-3-4-15)6-9-23(10-7-19)18(24)17-5-8-20-22(17)2;3-2(4,5)1(6)7/h5,8,15-16H,3-4,6-7,9-14H2,1-2H3;(H,6,7). The molecule has 1 spiro atoms. The second-order valence-corrected chi connectivity index (χ2v) is 9.19. The van der Waals surface area contributed by atoms with E-state index in [1.54, 1.807) is 10.9 Å². The molecule has 0 aromatic carbocycles. The number of piperidine rings is 1. The number of likely N-dealkylation sites (N-methyl/N-ethyl adjacent to an activating group) is 1. The molecular weight excluding hydrogens is 429 g/mol. The molecule has 1 N–H and O–H groups in total. The Bertz CT molecular complexity index is 801. The van der Waals surface area contributed by atoms with Crippen LogP contribution in [0.15, 0.2) is 12.3 Å². The number of carbonyl (C=O) groups excluding carboxylic acids is 1. The minimum atomic E-state index is -5.08. The second-order valence-electron chi connectivity index (χ2n) is 9.19. The summed E-state index contributed by atoms with van der Waals surface area (Å²) in [4.78, 5) is 26.0. The minimum absolute atomic E-state index is 0.116. The summed E-state index contributed by atoms with van der Waals surface area (Å²) < 4.78 is 39.4. The van der Waals surface area contributed by atoms with E-state index >= 15 is 0 Å². The summed E-state index contributed by atoms with van der Waals surface area (Å²) in [6.07, 6.45) is 2.72. The molecule has 1 amide bonds. The summed E-state index contributed by atoms with van der Waals surface area (Å²) >= 11 is 0. The smallest absolute Gasteiger partial charge is 0.475 e. The number of carboxylic acid groups (broad SMARTS) is 1. The predicted molar refractivity (Wildman–Crippen MR) is 109 cm³/mol. The van der Waals surface area contributed by atoms with Crippen LogP contribution in [-0.4, -0.2) is 88.7 Å². The average Bonchev–Trinajstić information content (AvgIpc) is 3.37. The van der Waals surface area contributed by atoms with E-state index in [1.807, 2.05) is 18.0 Å². The van der Waals surface area contributed by atoms with Crippen molar-refractivity contribution in [1.29, 1.82) is 0 Å². The summed E-state index contributed by atoms with van der Waals surface area (Å²) in [7, 11) is 4.06. The Hall–Kier alpha value is -2.14. The molecule has 1 atom stereocenters. The summed E-state index contributed by atoms with van der Waals surface area (Å²) in [6.45, 7) is 4.66. The lowest BCUT2D eigenvalue weighted by Gasteiger charge is -2.39. The van der Waals surface area contributed by atoms with Crippen molar-refractivity contribution in [3.05, 3.63) is 18.0 Å². The molecule has 0 bridgehead atoms. The topological polar surface area (TPSA) is 87.9 Å². The van der Waals surface area contributed by atoms with Gasteiger partial charge in [-0.2, -0.15) is 18.3 Å². The van der Waals surface area contributed by atoms with Gasteiger partial charge in [0.05, 0.1) is 6.61 Å². The van der Waals surface area contributed by atoms with Crippen molar-refractivity contribution in [2.75, 3.05) is 39.9 Å². The van der Waals surface area contributed by atoms with Crippen LogP contribution in [0.25, 0.3) is 0 Å². The number of likely N-dealkylation sites (tertiary alicyclic amines) is 2. The molecule has 180 valence electrons. The number of carbonyl (C=O) groups is 2. The van der Waals surface area contributed by atoms with Crippen LogP contribution in [0.2, 0.25) is 0 Å². The summed E-state index contributed by atoms with van der Waals surface area (Å²) in [6, 6.07) is 2.35. The summed E-state index contributed by atoms with van der Waals surface area (Å²) in [5.74, 6) is -1.81. The maximum Gasteiger partial charge on any atom is 0.490 e. The first-order valence-electron chi connectivity index (χ1n) is 10.9. The Morgan fingerprint density at radius 3 is 2.34 bits per heavy atom. The molecule has 0 radical (unpaired) electrons. The Kier molecular flexibility index (Phi) is 7.49.